The Hall–Kier alpha value is -0.160. The Bertz CT molecular complexity index is 200. The fraction of sp³-hybridized carbons (Fsp3) is 1.00. The Labute approximate surface area is 112 Å². The monoisotopic (exact) mass is 262 g/mol. The molecule has 0 amide bonds. The molecule has 3 unspecified atom stereocenters. The highest BCUT2D eigenvalue weighted by Gasteiger charge is 2.19. The maximum Gasteiger partial charge on any atom is 0.104 e. The van der Waals surface area contributed by atoms with Gasteiger partial charge in [0.05, 0.1) is 31.5 Å². The summed E-state index contributed by atoms with van der Waals surface area (Å²) in [5.74, 6) is 0.351. The highest BCUT2D eigenvalue weighted by molar-refractivity contribution is 4.66. The third-order valence-electron chi connectivity index (χ3n) is 2.81. The van der Waals surface area contributed by atoms with Crippen molar-refractivity contribution in [3.63, 3.8) is 0 Å². The Morgan fingerprint density at radius 2 is 1.56 bits per heavy atom. The van der Waals surface area contributed by atoms with Crippen LogP contribution in [0.25, 0.3) is 0 Å². The molecular formula is C14H30O4. The summed E-state index contributed by atoms with van der Waals surface area (Å²) in [5.41, 5.74) is -0.0981. The molecule has 0 aliphatic heterocycles. The molecule has 0 aliphatic carbocycles. The smallest absolute Gasteiger partial charge is 0.104 e. The molecule has 18 heavy (non-hydrogen) atoms. The third-order valence-corrected chi connectivity index (χ3v) is 2.81. The molecule has 0 heterocycles. The molecule has 0 aromatic heterocycles. The van der Waals surface area contributed by atoms with Crippen LogP contribution >= 0.6 is 0 Å². The Morgan fingerprint density at radius 1 is 0.944 bits per heavy atom. The van der Waals surface area contributed by atoms with Gasteiger partial charge < -0.3 is 18.9 Å². The fourth-order valence-corrected chi connectivity index (χ4v) is 1.31. The Kier molecular flexibility index (Phi) is 8.78. The fourth-order valence-electron chi connectivity index (χ4n) is 1.31. The van der Waals surface area contributed by atoms with E-state index in [4.69, 9.17) is 18.9 Å². The molecule has 3 atom stereocenters. The van der Waals surface area contributed by atoms with Crippen molar-refractivity contribution >= 4 is 0 Å². The lowest BCUT2D eigenvalue weighted by atomic mass is 10.1. The van der Waals surface area contributed by atoms with Crippen LogP contribution in [0.3, 0.4) is 0 Å². The van der Waals surface area contributed by atoms with Crippen molar-refractivity contribution in [1.29, 1.82) is 0 Å². The first-order chi connectivity index (χ1) is 8.30. The normalized spacial score (nSPS) is 17.5. The van der Waals surface area contributed by atoms with Crippen LogP contribution < -0.4 is 0 Å². The first-order valence-electron chi connectivity index (χ1n) is 6.57. The quantitative estimate of drug-likeness (QED) is 0.640. The van der Waals surface area contributed by atoms with Crippen LogP contribution in [0.15, 0.2) is 0 Å². The SMILES string of the molecule is COCC(COC(C)C(C)COC(C)(C)C)OC. The van der Waals surface area contributed by atoms with Gasteiger partial charge in [-0.25, -0.2) is 0 Å². The van der Waals surface area contributed by atoms with Gasteiger partial charge in [-0.3, -0.25) is 0 Å². The van der Waals surface area contributed by atoms with Gasteiger partial charge in [-0.1, -0.05) is 6.92 Å². The zero-order valence-corrected chi connectivity index (χ0v) is 13.0. The molecule has 0 aliphatic rings. The van der Waals surface area contributed by atoms with Gasteiger partial charge >= 0.3 is 0 Å². The summed E-state index contributed by atoms with van der Waals surface area (Å²) < 4.78 is 21.9. The van der Waals surface area contributed by atoms with Crippen LogP contribution in [0.4, 0.5) is 0 Å². The second kappa shape index (κ2) is 8.86. The summed E-state index contributed by atoms with van der Waals surface area (Å²) >= 11 is 0. The molecule has 0 aromatic rings. The lowest BCUT2D eigenvalue weighted by Gasteiger charge is -2.27. The highest BCUT2D eigenvalue weighted by Crippen LogP contribution is 2.14. The van der Waals surface area contributed by atoms with E-state index in [2.05, 4.69) is 34.6 Å². The average Bonchev–Trinajstić information content (AvgIpc) is 2.29. The summed E-state index contributed by atoms with van der Waals surface area (Å²) in [6.45, 7) is 12.2. The maximum absolute atomic E-state index is 5.79. The van der Waals surface area contributed by atoms with Crippen molar-refractivity contribution < 1.29 is 18.9 Å². The van der Waals surface area contributed by atoms with Gasteiger partial charge in [0, 0.05) is 20.1 Å². The van der Waals surface area contributed by atoms with Crippen LogP contribution in [0.2, 0.25) is 0 Å². The predicted molar refractivity (Wildman–Crippen MR) is 73.0 cm³/mol. The van der Waals surface area contributed by atoms with E-state index in [-0.39, 0.29) is 17.8 Å². The molecule has 0 saturated carbocycles. The molecule has 4 nitrogen and oxygen atoms in total. The van der Waals surface area contributed by atoms with Crippen LogP contribution in [0.5, 0.6) is 0 Å². The summed E-state index contributed by atoms with van der Waals surface area (Å²) in [5, 5.41) is 0. The van der Waals surface area contributed by atoms with Gasteiger partial charge in [0.2, 0.25) is 0 Å². The van der Waals surface area contributed by atoms with Gasteiger partial charge in [0.25, 0.3) is 0 Å². The van der Waals surface area contributed by atoms with Gasteiger partial charge in [-0.2, -0.15) is 0 Å². The van der Waals surface area contributed by atoms with E-state index in [0.717, 1.165) is 0 Å². The lowest BCUT2D eigenvalue weighted by Crippen LogP contribution is -2.32. The molecule has 0 N–H and O–H groups in total. The van der Waals surface area contributed by atoms with E-state index >= 15 is 0 Å². The van der Waals surface area contributed by atoms with Crippen molar-refractivity contribution in [3.05, 3.63) is 0 Å². The average molecular weight is 262 g/mol. The molecule has 0 aromatic carbocycles. The number of hydrogen-bond donors (Lipinski definition) is 0. The topological polar surface area (TPSA) is 36.9 Å². The third kappa shape index (κ3) is 8.86. The van der Waals surface area contributed by atoms with E-state index < -0.39 is 0 Å². The van der Waals surface area contributed by atoms with Crippen LogP contribution in [-0.2, 0) is 18.9 Å². The summed E-state index contributed by atoms with van der Waals surface area (Å²) in [7, 11) is 3.33. The van der Waals surface area contributed by atoms with Gasteiger partial charge in [-0.15, -0.1) is 0 Å². The first-order valence-corrected chi connectivity index (χ1v) is 6.57. The minimum atomic E-state index is -0.0981. The van der Waals surface area contributed by atoms with Crippen molar-refractivity contribution in [2.45, 2.75) is 52.4 Å². The van der Waals surface area contributed by atoms with Gasteiger partial charge in [0.15, 0.2) is 0 Å². The van der Waals surface area contributed by atoms with E-state index in [1.165, 1.54) is 0 Å². The predicted octanol–water partition coefficient (Wildman–Crippen LogP) is 2.50. The van der Waals surface area contributed by atoms with Crippen molar-refractivity contribution in [2.75, 3.05) is 34.0 Å². The largest absolute Gasteiger partial charge is 0.382 e. The van der Waals surface area contributed by atoms with Gasteiger partial charge in [0.1, 0.15) is 6.10 Å². The zero-order valence-electron chi connectivity index (χ0n) is 13.0. The van der Waals surface area contributed by atoms with Crippen LogP contribution in [-0.4, -0.2) is 51.8 Å². The number of rotatable bonds is 9. The van der Waals surface area contributed by atoms with Crippen molar-refractivity contribution in [3.8, 4) is 0 Å². The molecule has 0 rings (SSSR count). The molecular weight excluding hydrogens is 232 g/mol. The molecule has 0 fully saturated rings. The van der Waals surface area contributed by atoms with Crippen LogP contribution in [0.1, 0.15) is 34.6 Å². The summed E-state index contributed by atoms with van der Waals surface area (Å²) in [6, 6.07) is 0. The highest BCUT2D eigenvalue weighted by atomic mass is 16.6. The Morgan fingerprint density at radius 3 is 2.00 bits per heavy atom. The second-order valence-electron chi connectivity index (χ2n) is 5.75. The van der Waals surface area contributed by atoms with E-state index in [0.29, 0.717) is 25.7 Å². The summed E-state index contributed by atoms with van der Waals surface area (Å²) in [4.78, 5) is 0. The minimum Gasteiger partial charge on any atom is -0.382 e. The van der Waals surface area contributed by atoms with Crippen LogP contribution in [0, 0.1) is 5.92 Å². The molecule has 0 radical (unpaired) electrons. The number of ether oxygens (including phenoxy) is 4. The number of methoxy groups -OCH3 is 2. The van der Waals surface area contributed by atoms with E-state index in [1.54, 1.807) is 14.2 Å². The lowest BCUT2D eigenvalue weighted by molar-refractivity contribution is -0.0858. The molecule has 0 saturated heterocycles. The van der Waals surface area contributed by atoms with Crippen molar-refractivity contribution in [1.82, 2.24) is 0 Å². The molecule has 0 bridgehead atoms. The zero-order chi connectivity index (χ0) is 14.2. The number of hydrogen-bond acceptors (Lipinski definition) is 4. The molecule has 0 spiro atoms. The summed E-state index contributed by atoms with van der Waals surface area (Å²) in [6.07, 6.45) is 0.134. The van der Waals surface area contributed by atoms with E-state index in [9.17, 15) is 0 Å². The maximum atomic E-state index is 5.79. The molecule has 4 heteroatoms. The van der Waals surface area contributed by atoms with Gasteiger partial charge in [-0.05, 0) is 27.7 Å². The Balaban J connectivity index is 3.89. The second-order valence-corrected chi connectivity index (χ2v) is 5.75. The minimum absolute atomic E-state index is 0.00631. The standard InChI is InChI=1S/C14H30O4/c1-11(8-18-14(3,4)5)12(2)17-10-13(16-7)9-15-6/h11-13H,8-10H2,1-7H3. The van der Waals surface area contributed by atoms with E-state index in [1.807, 2.05) is 0 Å². The molecule has 110 valence electrons. The van der Waals surface area contributed by atoms with Crippen molar-refractivity contribution in [2.24, 2.45) is 5.92 Å². The first kappa shape index (κ1) is 17.8.